The Kier molecular flexibility index (Phi) is 0.826. The van der Waals surface area contributed by atoms with E-state index in [0.717, 1.165) is 10.9 Å². The van der Waals surface area contributed by atoms with Gasteiger partial charge in [-0.3, -0.25) is 0 Å². The molecule has 0 spiro atoms. The Bertz CT molecular complexity index is 392. The van der Waals surface area contributed by atoms with Crippen LogP contribution in [-0.4, -0.2) is 4.98 Å². The second kappa shape index (κ2) is 1.84. The smallest absolute Gasteiger partial charge is 0.177 e. The van der Waals surface area contributed by atoms with E-state index in [1.54, 1.807) is 6.20 Å². The van der Waals surface area contributed by atoms with Crippen molar-refractivity contribution >= 4 is 10.9 Å². The molecule has 1 N–H and O–H groups in total. The minimum absolute atomic E-state index is 0.537. The fourth-order valence-corrected chi connectivity index (χ4v) is 1.04. The Balaban J connectivity index is 2.91. The van der Waals surface area contributed by atoms with E-state index < -0.39 is 0 Å². The van der Waals surface area contributed by atoms with E-state index in [1.807, 2.05) is 30.1 Å². The van der Waals surface area contributed by atoms with Crippen LogP contribution in [0.2, 0.25) is 0 Å². The van der Waals surface area contributed by atoms with Crippen LogP contribution in [0.3, 0.4) is 0 Å². The van der Waals surface area contributed by atoms with Gasteiger partial charge in [-0.25, -0.2) is 4.57 Å². The molecular weight excluding hydrogens is 124 g/mol. The fraction of sp³-hybridized carbons (Fsp3) is 0.125. The summed E-state index contributed by atoms with van der Waals surface area (Å²) in [5, 5.41) is 1.08. The van der Waals surface area contributed by atoms with Crippen molar-refractivity contribution in [1.82, 2.24) is 4.98 Å². The van der Waals surface area contributed by atoms with E-state index in [4.69, 9.17) is 1.37 Å². The van der Waals surface area contributed by atoms with Crippen LogP contribution in [0, 0.1) is 0 Å². The molecule has 0 fully saturated rings. The number of H-pyrrole nitrogens is 1. The van der Waals surface area contributed by atoms with Crippen LogP contribution in [-0.2, 0) is 7.05 Å². The van der Waals surface area contributed by atoms with Gasteiger partial charge in [-0.2, -0.15) is 0 Å². The summed E-state index contributed by atoms with van der Waals surface area (Å²) < 4.78 is 9.46. The first-order valence-electron chi connectivity index (χ1n) is 3.70. The highest BCUT2D eigenvalue weighted by atomic mass is 14.9. The number of rotatable bonds is 0. The molecule has 2 aromatic rings. The number of fused-ring (bicyclic) bond motifs is 1. The van der Waals surface area contributed by atoms with Gasteiger partial charge in [-0.05, 0) is 6.07 Å². The molecule has 0 aromatic carbocycles. The van der Waals surface area contributed by atoms with Crippen molar-refractivity contribution in [3.63, 3.8) is 0 Å². The van der Waals surface area contributed by atoms with Crippen LogP contribution in [0.4, 0.5) is 0 Å². The topological polar surface area (TPSA) is 19.7 Å². The first kappa shape index (κ1) is 4.50. The molecule has 2 heteroatoms. The van der Waals surface area contributed by atoms with E-state index in [2.05, 4.69) is 4.98 Å². The molecule has 0 amide bonds. The third kappa shape index (κ3) is 0.692. The normalized spacial score (nSPS) is 11.9. The molecule has 2 rings (SSSR count). The quantitative estimate of drug-likeness (QED) is 0.518. The molecule has 2 heterocycles. The van der Waals surface area contributed by atoms with Crippen LogP contribution in [0.5, 0.6) is 0 Å². The highest BCUT2D eigenvalue weighted by molar-refractivity contribution is 5.76. The average Bonchev–Trinajstić information content (AvgIpc) is 2.34. The molecule has 0 saturated heterocycles. The van der Waals surface area contributed by atoms with Crippen molar-refractivity contribution in [2.75, 3.05) is 0 Å². The lowest BCUT2D eigenvalue weighted by atomic mass is 10.3. The number of nitrogens with zero attached hydrogens (tertiary/aromatic N) is 1. The van der Waals surface area contributed by atoms with Gasteiger partial charge in [-0.15, -0.1) is 0 Å². The molecule has 0 radical (unpaired) electrons. The maximum absolute atomic E-state index is 7.57. The lowest BCUT2D eigenvalue weighted by Gasteiger charge is -1.85. The molecule has 0 unspecified atom stereocenters. The first-order valence-corrected chi connectivity index (χ1v) is 3.20. The lowest BCUT2D eigenvalue weighted by Crippen LogP contribution is -2.25. The van der Waals surface area contributed by atoms with Crippen LogP contribution in [0.15, 0.2) is 30.7 Å². The second-order valence-corrected chi connectivity index (χ2v) is 2.38. The molecule has 0 aliphatic carbocycles. The van der Waals surface area contributed by atoms with Crippen molar-refractivity contribution in [3.05, 3.63) is 30.7 Å². The van der Waals surface area contributed by atoms with Gasteiger partial charge in [0.2, 0.25) is 0 Å². The number of aryl methyl sites for hydroxylation is 1. The lowest BCUT2D eigenvalue weighted by molar-refractivity contribution is -0.670. The summed E-state index contributed by atoms with van der Waals surface area (Å²) in [4.78, 5) is 3.01. The van der Waals surface area contributed by atoms with E-state index in [0.29, 0.717) is 6.04 Å². The molecule has 10 heavy (non-hydrogen) atoms. The van der Waals surface area contributed by atoms with Crippen molar-refractivity contribution in [1.29, 1.82) is 0 Å². The summed E-state index contributed by atoms with van der Waals surface area (Å²) in [7, 11) is 1.92. The average molecular weight is 134 g/mol. The summed E-state index contributed by atoms with van der Waals surface area (Å²) in [6.07, 6.45) is 5.62. The molecule has 0 bridgehead atoms. The number of aromatic nitrogens is 2. The van der Waals surface area contributed by atoms with Crippen LogP contribution < -0.4 is 4.57 Å². The van der Waals surface area contributed by atoms with E-state index in [9.17, 15) is 0 Å². The molecule has 0 atom stereocenters. The van der Waals surface area contributed by atoms with E-state index in [1.165, 1.54) is 0 Å². The van der Waals surface area contributed by atoms with Gasteiger partial charge < -0.3 is 4.98 Å². The van der Waals surface area contributed by atoms with Gasteiger partial charge in [0, 0.05) is 12.2 Å². The fourth-order valence-electron chi connectivity index (χ4n) is 1.04. The minimum atomic E-state index is 0.537. The zero-order valence-electron chi connectivity index (χ0n) is 6.76. The number of hydrogen-bond acceptors (Lipinski definition) is 0. The van der Waals surface area contributed by atoms with E-state index in [-0.39, 0.29) is 0 Å². The predicted molar refractivity (Wildman–Crippen MR) is 39.5 cm³/mol. The van der Waals surface area contributed by atoms with Crippen molar-refractivity contribution in [2.24, 2.45) is 7.05 Å². The number of hydrogen-bond donors (Lipinski definition) is 1. The number of pyridine rings is 1. The standard InChI is InChI=1S/C8H8N2/c1-10-5-3-8-7(6-10)2-4-9-8/h2-6H,1H3/p+1/i3D. The van der Waals surface area contributed by atoms with Gasteiger partial charge in [-0.1, -0.05) is 0 Å². The predicted octanol–water partition coefficient (Wildman–Crippen LogP) is 0.992. The Labute approximate surface area is 60.5 Å². The Morgan fingerprint density at radius 3 is 3.50 bits per heavy atom. The van der Waals surface area contributed by atoms with Gasteiger partial charge >= 0.3 is 0 Å². The summed E-state index contributed by atoms with van der Waals surface area (Å²) >= 11 is 0. The zero-order valence-corrected chi connectivity index (χ0v) is 5.76. The molecule has 0 aliphatic rings. The third-order valence-corrected chi connectivity index (χ3v) is 1.53. The maximum Gasteiger partial charge on any atom is 0.177 e. The molecule has 2 nitrogen and oxygen atoms in total. The van der Waals surface area contributed by atoms with E-state index >= 15 is 0 Å². The zero-order chi connectivity index (χ0) is 7.84. The summed E-state index contributed by atoms with van der Waals surface area (Å²) in [5.41, 5.74) is 0.906. The van der Waals surface area contributed by atoms with Gasteiger partial charge in [0.15, 0.2) is 12.4 Å². The molecule has 50 valence electrons. The molecule has 2 aromatic heterocycles. The summed E-state index contributed by atoms with van der Waals surface area (Å²) in [5.74, 6) is 0. The monoisotopic (exact) mass is 134 g/mol. The Hall–Kier alpha value is -1.31. The molecule has 0 saturated carbocycles. The molecule has 0 aliphatic heterocycles. The third-order valence-electron chi connectivity index (χ3n) is 1.53. The van der Waals surface area contributed by atoms with Crippen LogP contribution >= 0.6 is 0 Å². The summed E-state index contributed by atoms with van der Waals surface area (Å²) in [6, 6.07) is 2.50. The van der Waals surface area contributed by atoms with Crippen molar-refractivity contribution < 1.29 is 5.94 Å². The highest BCUT2D eigenvalue weighted by Crippen LogP contribution is 2.06. The van der Waals surface area contributed by atoms with Crippen LogP contribution in [0.1, 0.15) is 1.37 Å². The Morgan fingerprint density at radius 2 is 2.60 bits per heavy atom. The number of nitrogens with one attached hydrogen (secondary N) is 1. The van der Waals surface area contributed by atoms with Crippen LogP contribution in [0.25, 0.3) is 10.9 Å². The van der Waals surface area contributed by atoms with Crippen molar-refractivity contribution in [3.8, 4) is 0 Å². The minimum Gasteiger partial charge on any atom is -0.361 e. The molecular formula is C8H9N2+. The van der Waals surface area contributed by atoms with Crippen molar-refractivity contribution in [2.45, 2.75) is 0 Å². The highest BCUT2D eigenvalue weighted by Gasteiger charge is 1.96. The number of aromatic amines is 1. The SMILES string of the molecule is [2H]c1c[n+](C)cc2cc[nH]c12. The largest absolute Gasteiger partial charge is 0.361 e. The Morgan fingerprint density at radius 1 is 1.70 bits per heavy atom. The van der Waals surface area contributed by atoms with Gasteiger partial charge in [0.1, 0.15) is 7.05 Å². The van der Waals surface area contributed by atoms with Gasteiger partial charge in [0.25, 0.3) is 0 Å². The van der Waals surface area contributed by atoms with Gasteiger partial charge in [0.05, 0.1) is 12.3 Å². The summed E-state index contributed by atoms with van der Waals surface area (Å²) in [6.45, 7) is 0. The maximum atomic E-state index is 7.57. The first-order chi connectivity index (χ1) is 5.27. The second-order valence-electron chi connectivity index (χ2n) is 2.38.